The summed E-state index contributed by atoms with van der Waals surface area (Å²) < 4.78 is 1.92. The monoisotopic (exact) mass is 229 g/mol. The second-order valence-corrected chi connectivity index (χ2v) is 4.56. The zero-order valence-corrected chi connectivity index (χ0v) is 10.6. The molecule has 1 unspecified atom stereocenters. The SMILES string of the molecule is CNC(c1cnn(-c2ccccc2)c1)C(C)C. The van der Waals surface area contributed by atoms with E-state index in [1.807, 2.05) is 36.1 Å². The first kappa shape index (κ1) is 11.9. The third-order valence-electron chi connectivity index (χ3n) is 2.96. The lowest BCUT2D eigenvalue weighted by molar-refractivity contribution is 0.443. The van der Waals surface area contributed by atoms with E-state index in [9.17, 15) is 0 Å². The van der Waals surface area contributed by atoms with E-state index in [1.165, 1.54) is 5.56 Å². The van der Waals surface area contributed by atoms with Gasteiger partial charge in [-0.05, 0) is 25.1 Å². The van der Waals surface area contributed by atoms with Crippen LogP contribution < -0.4 is 5.32 Å². The molecule has 90 valence electrons. The van der Waals surface area contributed by atoms with Crippen molar-refractivity contribution in [2.24, 2.45) is 5.92 Å². The predicted octanol–water partition coefficient (Wildman–Crippen LogP) is 2.79. The Bertz CT molecular complexity index is 459. The van der Waals surface area contributed by atoms with E-state index in [4.69, 9.17) is 0 Å². The number of benzene rings is 1. The summed E-state index contributed by atoms with van der Waals surface area (Å²) in [5, 5.41) is 7.74. The van der Waals surface area contributed by atoms with E-state index < -0.39 is 0 Å². The average molecular weight is 229 g/mol. The first-order valence-corrected chi connectivity index (χ1v) is 5.99. The van der Waals surface area contributed by atoms with Crippen molar-refractivity contribution in [3.05, 3.63) is 48.3 Å². The molecule has 0 aliphatic rings. The van der Waals surface area contributed by atoms with Crippen LogP contribution in [0.4, 0.5) is 0 Å². The van der Waals surface area contributed by atoms with E-state index in [2.05, 4.69) is 42.6 Å². The lowest BCUT2D eigenvalue weighted by Crippen LogP contribution is -2.21. The molecular weight excluding hydrogens is 210 g/mol. The van der Waals surface area contributed by atoms with Gasteiger partial charge >= 0.3 is 0 Å². The lowest BCUT2D eigenvalue weighted by atomic mass is 9.99. The smallest absolute Gasteiger partial charge is 0.0645 e. The van der Waals surface area contributed by atoms with Gasteiger partial charge in [-0.3, -0.25) is 0 Å². The average Bonchev–Trinajstić information content (AvgIpc) is 2.80. The van der Waals surface area contributed by atoms with Crippen molar-refractivity contribution in [3.63, 3.8) is 0 Å². The molecule has 0 aliphatic carbocycles. The summed E-state index contributed by atoms with van der Waals surface area (Å²) in [6, 6.07) is 10.5. The maximum Gasteiger partial charge on any atom is 0.0645 e. The highest BCUT2D eigenvalue weighted by molar-refractivity contribution is 5.31. The molecule has 17 heavy (non-hydrogen) atoms. The zero-order chi connectivity index (χ0) is 12.3. The molecule has 0 aliphatic heterocycles. The summed E-state index contributed by atoms with van der Waals surface area (Å²) in [7, 11) is 1.99. The van der Waals surface area contributed by atoms with Crippen molar-refractivity contribution in [1.82, 2.24) is 15.1 Å². The number of hydrogen-bond acceptors (Lipinski definition) is 2. The van der Waals surface area contributed by atoms with Gasteiger partial charge in [-0.15, -0.1) is 0 Å². The van der Waals surface area contributed by atoms with Gasteiger partial charge in [0.25, 0.3) is 0 Å². The molecule has 2 rings (SSSR count). The summed E-state index contributed by atoms with van der Waals surface area (Å²) in [6.45, 7) is 4.42. The summed E-state index contributed by atoms with van der Waals surface area (Å²) in [5.41, 5.74) is 2.32. The quantitative estimate of drug-likeness (QED) is 0.873. The molecule has 0 saturated heterocycles. The summed E-state index contributed by atoms with van der Waals surface area (Å²) in [6.07, 6.45) is 4.03. The topological polar surface area (TPSA) is 29.9 Å². The molecule has 3 heteroatoms. The van der Waals surface area contributed by atoms with Crippen molar-refractivity contribution in [2.45, 2.75) is 19.9 Å². The molecule has 0 spiro atoms. The van der Waals surface area contributed by atoms with Crippen LogP contribution in [0.25, 0.3) is 5.69 Å². The molecule has 0 radical (unpaired) electrons. The van der Waals surface area contributed by atoms with Crippen LogP contribution in [0.15, 0.2) is 42.7 Å². The maximum atomic E-state index is 4.41. The van der Waals surface area contributed by atoms with Crippen molar-refractivity contribution >= 4 is 0 Å². The zero-order valence-electron chi connectivity index (χ0n) is 10.6. The molecule has 1 N–H and O–H groups in total. The van der Waals surface area contributed by atoms with Crippen LogP contribution in [0.2, 0.25) is 0 Å². The minimum absolute atomic E-state index is 0.354. The fourth-order valence-electron chi connectivity index (χ4n) is 2.10. The number of para-hydroxylation sites is 1. The number of aromatic nitrogens is 2. The van der Waals surface area contributed by atoms with Gasteiger partial charge in [0.2, 0.25) is 0 Å². The number of hydrogen-bond donors (Lipinski definition) is 1. The van der Waals surface area contributed by atoms with Crippen LogP contribution in [-0.4, -0.2) is 16.8 Å². The highest BCUT2D eigenvalue weighted by Gasteiger charge is 2.15. The Hall–Kier alpha value is -1.61. The van der Waals surface area contributed by atoms with Gasteiger partial charge in [-0.1, -0.05) is 32.0 Å². The molecule has 1 atom stereocenters. The van der Waals surface area contributed by atoms with E-state index >= 15 is 0 Å². The fraction of sp³-hybridized carbons (Fsp3) is 0.357. The molecule has 1 aromatic carbocycles. The first-order valence-electron chi connectivity index (χ1n) is 5.99. The molecule has 0 saturated carbocycles. The molecule has 1 aromatic heterocycles. The van der Waals surface area contributed by atoms with E-state index in [0.29, 0.717) is 12.0 Å². The van der Waals surface area contributed by atoms with Crippen molar-refractivity contribution in [3.8, 4) is 5.69 Å². The minimum atomic E-state index is 0.354. The maximum absolute atomic E-state index is 4.41. The molecule has 1 heterocycles. The van der Waals surface area contributed by atoms with Crippen LogP contribution in [0, 0.1) is 5.92 Å². The number of nitrogens with one attached hydrogen (secondary N) is 1. The second-order valence-electron chi connectivity index (χ2n) is 4.56. The lowest BCUT2D eigenvalue weighted by Gasteiger charge is -2.18. The molecule has 3 nitrogen and oxygen atoms in total. The van der Waals surface area contributed by atoms with E-state index in [0.717, 1.165) is 5.69 Å². The van der Waals surface area contributed by atoms with E-state index in [-0.39, 0.29) is 0 Å². The largest absolute Gasteiger partial charge is 0.313 e. The van der Waals surface area contributed by atoms with Crippen molar-refractivity contribution < 1.29 is 0 Å². The number of nitrogens with zero attached hydrogens (tertiary/aromatic N) is 2. The van der Waals surface area contributed by atoms with Crippen molar-refractivity contribution in [2.75, 3.05) is 7.05 Å². The summed E-state index contributed by atoms with van der Waals surface area (Å²) >= 11 is 0. The fourth-order valence-corrected chi connectivity index (χ4v) is 2.10. The van der Waals surface area contributed by atoms with Gasteiger partial charge in [0.15, 0.2) is 0 Å². The Morgan fingerprint density at radius 3 is 2.47 bits per heavy atom. The predicted molar refractivity (Wildman–Crippen MR) is 70.2 cm³/mol. The summed E-state index contributed by atoms with van der Waals surface area (Å²) in [5.74, 6) is 0.549. The van der Waals surface area contributed by atoms with Gasteiger partial charge < -0.3 is 5.32 Å². The first-order chi connectivity index (χ1) is 8.22. The van der Waals surface area contributed by atoms with Gasteiger partial charge in [-0.2, -0.15) is 5.10 Å². The highest BCUT2D eigenvalue weighted by atomic mass is 15.3. The van der Waals surface area contributed by atoms with Gasteiger partial charge in [0, 0.05) is 17.8 Å². The van der Waals surface area contributed by atoms with Gasteiger partial charge in [-0.25, -0.2) is 4.68 Å². The van der Waals surface area contributed by atoms with Gasteiger partial charge in [0.05, 0.1) is 11.9 Å². The third kappa shape index (κ3) is 2.56. The Kier molecular flexibility index (Phi) is 3.59. The Balaban J connectivity index is 2.27. The normalized spacial score (nSPS) is 12.9. The van der Waals surface area contributed by atoms with Crippen LogP contribution >= 0.6 is 0 Å². The Labute approximate surface area is 102 Å². The van der Waals surface area contributed by atoms with Crippen molar-refractivity contribution in [1.29, 1.82) is 0 Å². The Morgan fingerprint density at radius 1 is 1.18 bits per heavy atom. The standard InChI is InChI=1S/C14H19N3/c1-11(2)14(15-3)12-9-16-17(10-12)13-7-5-4-6-8-13/h4-11,14-15H,1-3H3. The third-order valence-corrected chi connectivity index (χ3v) is 2.96. The van der Waals surface area contributed by atoms with E-state index in [1.54, 1.807) is 0 Å². The highest BCUT2D eigenvalue weighted by Crippen LogP contribution is 2.21. The minimum Gasteiger partial charge on any atom is -0.313 e. The Morgan fingerprint density at radius 2 is 1.88 bits per heavy atom. The van der Waals surface area contributed by atoms with Crippen LogP contribution in [0.5, 0.6) is 0 Å². The van der Waals surface area contributed by atoms with Crippen LogP contribution in [-0.2, 0) is 0 Å². The molecule has 0 amide bonds. The van der Waals surface area contributed by atoms with Gasteiger partial charge in [0.1, 0.15) is 0 Å². The second kappa shape index (κ2) is 5.15. The molecular formula is C14H19N3. The molecule has 2 aromatic rings. The van der Waals surface area contributed by atoms with Crippen LogP contribution in [0.3, 0.4) is 0 Å². The molecule has 0 fully saturated rings. The molecule has 0 bridgehead atoms. The number of rotatable bonds is 4. The summed E-state index contributed by atoms with van der Waals surface area (Å²) in [4.78, 5) is 0. The van der Waals surface area contributed by atoms with Crippen LogP contribution in [0.1, 0.15) is 25.5 Å².